The highest BCUT2D eigenvalue weighted by Gasteiger charge is 2.05. The van der Waals surface area contributed by atoms with Gasteiger partial charge in [0.1, 0.15) is 5.75 Å². The van der Waals surface area contributed by atoms with Crippen LogP contribution in [0.4, 0.5) is 0 Å². The van der Waals surface area contributed by atoms with Gasteiger partial charge in [-0.2, -0.15) is 0 Å². The lowest BCUT2D eigenvalue weighted by atomic mass is 10.1. The number of ether oxygens (including phenoxy) is 1. The molecule has 0 aromatic heterocycles. The molecule has 0 spiro atoms. The molecule has 0 saturated heterocycles. The summed E-state index contributed by atoms with van der Waals surface area (Å²) in [5.41, 5.74) is 1.05. The fourth-order valence-corrected chi connectivity index (χ4v) is 1.77. The molecular formula is C16H23NO2. The molecule has 0 saturated carbocycles. The highest BCUT2D eigenvalue weighted by atomic mass is 16.5. The number of rotatable bonds is 9. The first kappa shape index (κ1) is 15.3. The number of nitrogens with one attached hydrogen (secondary N) is 1. The van der Waals surface area contributed by atoms with Crippen LogP contribution in [0.15, 0.2) is 36.9 Å². The molecule has 0 aliphatic rings. The monoisotopic (exact) mass is 261 g/mol. The number of allylic oxidation sites excluding steroid dienone is 1. The topological polar surface area (TPSA) is 38.3 Å². The molecule has 1 N–H and O–H groups in total. The SMILES string of the molecule is C=CCc1ccccc1OCC(=O)NCCCCC. The molecule has 0 heterocycles. The average molecular weight is 261 g/mol. The van der Waals surface area contributed by atoms with Gasteiger partial charge in [0, 0.05) is 6.54 Å². The van der Waals surface area contributed by atoms with Crippen molar-refractivity contribution in [2.24, 2.45) is 0 Å². The Morgan fingerprint density at radius 2 is 2.16 bits per heavy atom. The van der Waals surface area contributed by atoms with Crippen LogP contribution in [0.25, 0.3) is 0 Å². The quantitative estimate of drug-likeness (QED) is 0.548. The molecule has 3 nitrogen and oxygen atoms in total. The molecule has 1 amide bonds. The highest BCUT2D eigenvalue weighted by Crippen LogP contribution is 2.18. The Labute approximate surface area is 115 Å². The Hall–Kier alpha value is -1.77. The van der Waals surface area contributed by atoms with Gasteiger partial charge in [-0.25, -0.2) is 0 Å². The maximum absolute atomic E-state index is 11.6. The Morgan fingerprint density at radius 3 is 2.89 bits per heavy atom. The molecule has 0 aliphatic carbocycles. The van der Waals surface area contributed by atoms with E-state index in [4.69, 9.17) is 4.74 Å². The maximum Gasteiger partial charge on any atom is 0.257 e. The zero-order valence-corrected chi connectivity index (χ0v) is 11.7. The van der Waals surface area contributed by atoms with Gasteiger partial charge in [0.05, 0.1) is 0 Å². The van der Waals surface area contributed by atoms with Crippen molar-refractivity contribution in [3.05, 3.63) is 42.5 Å². The summed E-state index contributed by atoms with van der Waals surface area (Å²) in [6, 6.07) is 7.72. The van der Waals surface area contributed by atoms with Crippen LogP contribution in [-0.2, 0) is 11.2 Å². The lowest BCUT2D eigenvalue weighted by Gasteiger charge is -2.10. The third-order valence-electron chi connectivity index (χ3n) is 2.80. The van der Waals surface area contributed by atoms with Gasteiger partial charge in [-0.1, -0.05) is 44.0 Å². The number of carbonyl (C=O) groups excluding carboxylic acids is 1. The molecule has 1 rings (SSSR count). The largest absolute Gasteiger partial charge is 0.483 e. The van der Waals surface area contributed by atoms with E-state index >= 15 is 0 Å². The lowest BCUT2D eigenvalue weighted by Crippen LogP contribution is -2.29. The lowest BCUT2D eigenvalue weighted by molar-refractivity contribution is -0.123. The zero-order valence-electron chi connectivity index (χ0n) is 11.7. The van der Waals surface area contributed by atoms with E-state index in [2.05, 4.69) is 18.8 Å². The standard InChI is InChI=1S/C16H23NO2/c1-3-5-8-12-17-16(18)13-19-15-11-7-6-10-14(15)9-4-2/h4,6-7,10-11H,2-3,5,8-9,12-13H2,1H3,(H,17,18). The summed E-state index contributed by atoms with van der Waals surface area (Å²) in [5, 5.41) is 2.86. The zero-order chi connectivity index (χ0) is 13.9. The van der Waals surface area contributed by atoms with Gasteiger partial charge in [0.2, 0.25) is 0 Å². The second-order valence-electron chi connectivity index (χ2n) is 4.45. The molecule has 1 aromatic carbocycles. The molecule has 0 unspecified atom stereocenters. The van der Waals surface area contributed by atoms with E-state index in [0.717, 1.165) is 43.5 Å². The van der Waals surface area contributed by atoms with Crippen LogP contribution in [0, 0.1) is 0 Å². The molecule has 1 aromatic rings. The summed E-state index contributed by atoms with van der Waals surface area (Å²) < 4.78 is 5.55. The molecule has 0 radical (unpaired) electrons. The van der Waals surface area contributed by atoms with E-state index in [1.54, 1.807) is 0 Å². The minimum atomic E-state index is -0.0653. The minimum Gasteiger partial charge on any atom is -0.483 e. The third-order valence-corrected chi connectivity index (χ3v) is 2.80. The number of carbonyl (C=O) groups is 1. The van der Waals surface area contributed by atoms with Crippen LogP contribution in [0.1, 0.15) is 31.7 Å². The second-order valence-corrected chi connectivity index (χ2v) is 4.45. The van der Waals surface area contributed by atoms with E-state index in [9.17, 15) is 4.79 Å². The van der Waals surface area contributed by atoms with Gasteiger partial charge in [-0.15, -0.1) is 6.58 Å². The maximum atomic E-state index is 11.6. The van der Waals surface area contributed by atoms with Crippen molar-refractivity contribution < 1.29 is 9.53 Å². The van der Waals surface area contributed by atoms with Crippen LogP contribution in [0.3, 0.4) is 0 Å². The smallest absolute Gasteiger partial charge is 0.257 e. The molecule has 0 bridgehead atoms. The molecular weight excluding hydrogens is 238 g/mol. The van der Waals surface area contributed by atoms with Crippen molar-refractivity contribution in [1.82, 2.24) is 5.32 Å². The predicted octanol–water partition coefficient (Wildman–Crippen LogP) is 3.10. The first-order chi connectivity index (χ1) is 9.27. The van der Waals surface area contributed by atoms with Gasteiger partial charge in [0.25, 0.3) is 5.91 Å². The Bertz CT molecular complexity index is 401. The van der Waals surface area contributed by atoms with Gasteiger partial charge in [-0.05, 0) is 24.5 Å². The van der Waals surface area contributed by atoms with Crippen LogP contribution >= 0.6 is 0 Å². The van der Waals surface area contributed by atoms with Crippen molar-refractivity contribution in [2.75, 3.05) is 13.2 Å². The Balaban J connectivity index is 2.35. The van der Waals surface area contributed by atoms with Crippen molar-refractivity contribution in [3.63, 3.8) is 0 Å². The summed E-state index contributed by atoms with van der Waals surface area (Å²) in [5.74, 6) is 0.690. The van der Waals surface area contributed by atoms with Gasteiger partial charge in [0.15, 0.2) is 6.61 Å². The van der Waals surface area contributed by atoms with Gasteiger partial charge >= 0.3 is 0 Å². The molecule has 0 aliphatic heterocycles. The van der Waals surface area contributed by atoms with E-state index in [0.29, 0.717) is 0 Å². The average Bonchev–Trinajstić information content (AvgIpc) is 2.43. The summed E-state index contributed by atoms with van der Waals surface area (Å²) in [7, 11) is 0. The number of hydrogen-bond acceptors (Lipinski definition) is 2. The van der Waals surface area contributed by atoms with E-state index in [1.807, 2.05) is 30.3 Å². The van der Waals surface area contributed by atoms with Gasteiger partial charge in [-0.3, -0.25) is 4.79 Å². The minimum absolute atomic E-state index is 0.0653. The van der Waals surface area contributed by atoms with Crippen molar-refractivity contribution in [2.45, 2.75) is 32.6 Å². The van der Waals surface area contributed by atoms with Crippen LogP contribution in [0.2, 0.25) is 0 Å². The predicted molar refractivity (Wildman–Crippen MR) is 78.4 cm³/mol. The van der Waals surface area contributed by atoms with Crippen LogP contribution in [-0.4, -0.2) is 19.1 Å². The van der Waals surface area contributed by atoms with E-state index in [1.165, 1.54) is 0 Å². The second kappa shape index (κ2) is 9.20. The molecule has 0 atom stereocenters. The summed E-state index contributed by atoms with van der Waals surface area (Å²) in [6.45, 7) is 6.65. The number of hydrogen-bond donors (Lipinski definition) is 1. The fourth-order valence-electron chi connectivity index (χ4n) is 1.77. The molecule has 3 heteroatoms. The van der Waals surface area contributed by atoms with Crippen molar-refractivity contribution in [1.29, 1.82) is 0 Å². The van der Waals surface area contributed by atoms with E-state index in [-0.39, 0.29) is 12.5 Å². The molecule has 19 heavy (non-hydrogen) atoms. The first-order valence-electron chi connectivity index (χ1n) is 6.86. The number of benzene rings is 1. The highest BCUT2D eigenvalue weighted by molar-refractivity contribution is 5.77. The number of unbranched alkanes of at least 4 members (excludes halogenated alkanes) is 2. The number of amides is 1. The van der Waals surface area contributed by atoms with E-state index < -0.39 is 0 Å². The normalized spacial score (nSPS) is 9.95. The van der Waals surface area contributed by atoms with Crippen molar-refractivity contribution >= 4 is 5.91 Å². The Kier molecular flexibility index (Phi) is 7.40. The Morgan fingerprint density at radius 1 is 1.37 bits per heavy atom. The summed E-state index contributed by atoms with van der Waals surface area (Å²) in [6.07, 6.45) is 5.89. The fraction of sp³-hybridized carbons (Fsp3) is 0.438. The van der Waals surface area contributed by atoms with Crippen molar-refractivity contribution in [3.8, 4) is 5.75 Å². The van der Waals surface area contributed by atoms with Crippen LogP contribution < -0.4 is 10.1 Å². The van der Waals surface area contributed by atoms with Crippen LogP contribution in [0.5, 0.6) is 5.75 Å². The molecule has 0 fully saturated rings. The third kappa shape index (κ3) is 6.09. The molecule has 104 valence electrons. The summed E-state index contributed by atoms with van der Waals surface area (Å²) >= 11 is 0. The first-order valence-corrected chi connectivity index (χ1v) is 6.86. The number of para-hydroxylation sites is 1. The van der Waals surface area contributed by atoms with Gasteiger partial charge < -0.3 is 10.1 Å². The summed E-state index contributed by atoms with van der Waals surface area (Å²) in [4.78, 5) is 11.6.